The number of carbonyl (C=O) groups is 1. The maximum atomic E-state index is 13.4. The molecule has 2 aromatic rings. The molecule has 1 N–H and O–H groups in total. The van der Waals surface area contributed by atoms with Gasteiger partial charge in [-0.1, -0.05) is 31.0 Å². The van der Waals surface area contributed by atoms with Crippen molar-refractivity contribution in [2.24, 2.45) is 23.7 Å². The summed E-state index contributed by atoms with van der Waals surface area (Å²) >= 11 is 6.33. The highest BCUT2D eigenvalue weighted by Crippen LogP contribution is 2.44. The van der Waals surface area contributed by atoms with Crippen LogP contribution in [0.4, 0.5) is 5.69 Å². The number of aryl methyl sites for hydroxylation is 1. The largest absolute Gasteiger partial charge is 0.487 e. The van der Waals surface area contributed by atoms with Crippen LogP contribution in [-0.2, 0) is 27.8 Å². The fourth-order valence-corrected chi connectivity index (χ4v) is 8.47. The van der Waals surface area contributed by atoms with Gasteiger partial charge in [-0.25, -0.2) is 13.1 Å². The SMILES string of the molecule is COC[C@@H]1CCCC(C)[C@@H](C)S(=O)(=O)NC(=O)c2ccc3c(c2)N(CCCCc2cc(Cl)ccc2CO3)CC2CCC21. The zero-order chi connectivity index (χ0) is 29.9. The first-order chi connectivity index (χ1) is 20.2. The van der Waals surface area contributed by atoms with Crippen molar-refractivity contribution in [1.29, 1.82) is 0 Å². The minimum atomic E-state index is -3.85. The summed E-state index contributed by atoms with van der Waals surface area (Å²) in [6.07, 6.45) is 8.03. The third kappa shape index (κ3) is 7.08. The van der Waals surface area contributed by atoms with Gasteiger partial charge in [-0.05, 0) is 117 Å². The predicted octanol–water partition coefficient (Wildman–Crippen LogP) is 6.62. The van der Waals surface area contributed by atoms with Crippen LogP contribution in [0.1, 0.15) is 80.3 Å². The molecular formula is C33H45ClN2O5S. The van der Waals surface area contributed by atoms with Crippen molar-refractivity contribution < 1.29 is 22.7 Å². The molecule has 0 saturated heterocycles. The molecule has 9 heteroatoms. The molecule has 2 aromatic carbocycles. The summed E-state index contributed by atoms with van der Waals surface area (Å²) in [7, 11) is -2.07. The van der Waals surface area contributed by atoms with E-state index in [1.165, 1.54) is 18.4 Å². The normalized spacial score (nSPS) is 28.6. The molecule has 0 radical (unpaired) electrons. The number of fused-ring (bicyclic) bond motifs is 3. The lowest BCUT2D eigenvalue weighted by molar-refractivity contribution is 0.0387. The number of sulfonamides is 1. The van der Waals surface area contributed by atoms with E-state index >= 15 is 0 Å². The summed E-state index contributed by atoms with van der Waals surface area (Å²) in [6, 6.07) is 11.3. The zero-order valence-corrected chi connectivity index (χ0v) is 26.7. The second-order valence-electron chi connectivity index (χ2n) is 12.6. The van der Waals surface area contributed by atoms with Crippen LogP contribution in [0.25, 0.3) is 0 Å². The lowest BCUT2D eigenvalue weighted by Crippen LogP contribution is -2.43. The third-order valence-corrected chi connectivity index (χ3v) is 12.1. The Morgan fingerprint density at radius 3 is 2.62 bits per heavy atom. The maximum Gasteiger partial charge on any atom is 0.264 e. The first-order valence-electron chi connectivity index (χ1n) is 15.5. The van der Waals surface area contributed by atoms with Crippen molar-refractivity contribution in [2.75, 3.05) is 31.7 Å². The van der Waals surface area contributed by atoms with Gasteiger partial charge in [0.25, 0.3) is 5.91 Å². The van der Waals surface area contributed by atoms with E-state index in [1.54, 1.807) is 20.1 Å². The number of hydrogen-bond acceptors (Lipinski definition) is 6. The molecule has 42 heavy (non-hydrogen) atoms. The van der Waals surface area contributed by atoms with Gasteiger partial charge in [0.2, 0.25) is 10.0 Å². The number of rotatable bonds is 2. The molecule has 2 bridgehead atoms. The fourth-order valence-electron chi connectivity index (χ4n) is 6.96. The lowest BCUT2D eigenvalue weighted by Gasteiger charge is -2.45. The number of amides is 1. The predicted molar refractivity (Wildman–Crippen MR) is 168 cm³/mol. The molecule has 2 aliphatic heterocycles. The first-order valence-corrected chi connectivity index (χ1v) is 17.4. The molecule has 0 spiro atoms. The molecule has 3 unspecified atom stereocenters. The molecule has 1 aliphatic carbocycles. The van der Waals surface area contributed by atoms with Crippen LogP contribution in [0, 0.1) is 23.7 Å². The van der Waals surface area contributed by atoms with Crippen LogP contribution < -0.4 is 14.4 Å². The van der Waals surface area contributed by atoms with Crippen LogP contribution in [0.3, 0.4) is 0 Å². The Kier molecular flexibility index (Phi) is 10.1. The van der Waals surface area contributed by atoms with Gasteiger partial charge in [-0.15, -0.1) is 0 Å². The maximum absolute atomic E-state index is 13.4. The van der Waals surface area contributed by atoms with Crippen molar-refractivity contribution >= 4 is 33.2 Å². The average Bonchev–Trinajstić information content (AvgIpc) is 2.97. The Morgan fingerprint density at radius 2 is 1.86 bits per heavy atom. The van der Waals surface area contributed by atoms with Crippen molar-refractivity contribution in [3.05, 3.63) is 58.1 Å². The highest BCUT2D eigenvalue weighted by molar-refractivity contribution is 7.90. The smallest absolute Gasteiger partial charge is 0.264 e. The lowest BCUT2D eigenvalue weighted by atomic mass is 9.65. The Bertz CT molecular complexity index is 1370. The van der Waals surface area contributed by atoms with Gasteiger partial charge < -0.3 is 14.4 Å². The molecule has 2 heterocycles. The van der Waals surface area contributed by atoms with Crippen LogP contribution in [0.5, 0.6) is 5.75 Å². The van der Waals surface area contributed by atoms with E-state index in [0.29, 0.717) is 35.7 Å². The van der Waals surface area contributed by atoms with E-state index in [-0.39, 0.29) is 5.92 Å². The number of benzene rings is 2. The minimum Gasteiger partial charge on any atom is -0.487 e. The average molecular weight is 617 g/mol. The van der Waals surface area contributed by atoms with Crippen molar-refractivity contribution in [1.82, 2.24) is 4.72 Å². The van der Waals surface area contributed by atoms with E-state index in [4.69, 9.17) is 21.1 Å². The van der Waals surface area contributed by atoms with Crippen LogP contribution in [0.15, 0.2) is 36.4 Å². The van der Waals surface area contributed by atoms with Crippen molar-refractivity contribution in [2.45, 2.75) is 77.1 Å². The number of nitrogens with zero attached hydrogens (tertiary/aromatic N) is 1. The van der Waals surface area contributed by atoms with Gasteiger partial charge >= 0.3 is 0 Å². The molecule has 7 nitrogen and oxygen atoms in total. The summed E-state index contributed by atoms with van der Waals surface area (Å²) in [5.41, 5.74) is 3.47. The number of halogens is 1. The standard InChI is InChI=1S/C33H45ClN2O5S/c1-22-7-6-9-28(20-40-3)30-14-11-26(30)19-36-16-5-4-8-24-17-29(34)13-10-27(24)21-41-32-15-12-25(18-31(32)36)33(37)35-42(38,39)23(22)2/h10,12-13,15,17-18,22-23,26,28,30H,4-9,11,14,16,19-21H2,1-3H3,(H,35,37)/t22?,23-,26?,28+,30?/m1/s1. The minimum absolute atomic E-state index is 0.0716. The number of anilines is 1. The summed E-state index contributed by atoms with van der Waals surface area (Å²) < 4.78 is 41.0. The van der Waals surface area contributed by atoms with Crippen molar-refractivity contribution in [3.63, 3.8) is 0 Å². The summed E-state index contributed by atoms with van der Waals surface area (Å²) in [5.74, 6) is 1.57. The molecule has 1 fully saturated rings. The molecular weight excluding hydrogens is 572 g/mol. The van der Waals surface area contributed by atoms with Crippen LogP contribution >= 0.6 is 11.6 Å². The highest BCUT2D eigenvalue weighted by Gasteiger charge is 2.38. The third-order valence-electron chi connectivity index (χ3n) is 9.92. The molecule has 0 aromatic heterocycles. The molecule has 230 valence electrons. The number of hydrogen-bond donors (Lipinski definition) is 1. The number of ether oxygens (including phenoxy) is 2. The van der Waals surface area contributed by atoms with Gasteiger partial charge in [0.1, 0.15) is 12.4 Å². The first kappa shape index (κ1) is 31.1. The van der Waals surface area contributed by atoms with E-state index in [9.17, 15) is 13.2 Å². The number of nitrogens with one attached hydrogen (secondary N) is 1. The van der Waals surface area contributed by atoms with Gasteiger partial charge in [-0.3, -0.25) is 4.79 Å². The monoisotopic (exact) mass is 616 g/mol. The van der Waals surface area contributed by atoms with E-state index in [2.05, 4.69) is 9.62 Å². The summed E-state index contributed by atoms with van der Waals surface area (Å²) in [4.78, 5) is 15.7. The summed E-state index contributed by atoms with van der Waals surface area (Å²) in [6.45, 7) is 6.48. The van der Waals surface area contributed by atoms with Gasteiger partial charge in [0.05, 0.1) is 10.9 Å². The van der Waals surface area contributed by atoms with E-state index in [1.807, 2.05) is 37.3 Å². The molecule has 5 atom stereocenters. The number of methoxy groups -OCH3 is 1. The second-order valence-corrected chi connectivity index (χ2v) is 15.1. The molecule has 1 amide bonds. The Balaban J connectivity index is 1.53. The van der Waals surface area contributed by atoms with Gasteiger partial charge in [0.15, 0.2) is 0 Å². The van der Waals surface area contributed by atoms with Crippen molar-refractivity contribution in [3.8, 4) is 5.75 Å². The van der Waals surface area contributed by atoms with Gasteiger partial charge in [0, 0.05) is 37.4 Å². The Morgan fingerprint density at radius 1 is 1.02 bits per heavy atom. The molecule has 3 aliphatic rings. The summed E-state index contributed by atoms with van der Waals surface area (Å²) in [5, 5.41) is 0.0472. The quantitative estimate of drug-likeness (QED) is 0.408. The zero-order valence-electron chi connectivity index (χ0n) is 25.1. The van der Waals surface area contributed by atoms with Crippen LogP contribution in [0.2, 0.25) is 5.02 Å². The Hall–Kier alpha value is -2.29. The highest BCUT2D eigenvalue weighted by atomic mass is 35.5. The topological polar surface area (TPSA) is 84.9 Å². The van der Waals surface area contributed by atoms with Gasteiger partial charge in [-0.2, -0.15) is 0 Å². The van der Waals surface area contributed by atoms with E-state index < -0.39 is 21.2 Å². The number of carbonyl (C=O) groups excluding carboxylic acids is 1. The molecule has 5 rings (SSSR count). The molecule has 1 saturated carbocycles. The Labute approximate surface area is 256 Å². The van der Waals surface area contributed by atoms with Crippen LogP contribution in [-0.4, -0.2) is 46.4 Å². The van der Waals surface area contributed by atoms with E-state index in [0.717, 1.165) is 74.5 Å². The fraction of sp³-hybridized carbons (Fsp3) is 0.606. The second kappa shape index (κ2) is 13.6.